The van der Waals surface area contributed by atoms with Crippen LogP contribution in [-0.2, 0) is 34.0 Å². The van der Waals surface area contributed by atoms with Crippen LogP contribution in [0.3, 0.4) is 0 Å². The van der Waals surface area contributed by atoms with Crippen LogP contribution in [0, 0.1) is 5.41 Å². The predicted molar refractivity (Wildman–Crippen MR) is 127 cm³/mol. The summed E-state index contributed by atoms with van der Waals surface area (Å²) in [5, 5.41) is 10.6. The molecule has 1 atom stereocenters. The summed E-state index contributed by atoms with van der Waals surface area (Å²) in [4.78, 5) is 40.4. The van der Waals surface area contributed by atoms with Crippen molar-refractivity contribution < 1.29 is 33.7 Å². The molecule has 34 heavy (non-hydrogen) atoms. The number of aliphatic carboxylic acids is 1. The Hall–Kier alpha value is -2.55. The van der Waals surface area contributed by atoms with E-state index in [-0.39, 0.29) is 39.2 Å². The molecule has 186 valence electrons. The van der Waals surface area contributed by atoms with Gasteiger partial charge >= 0.3 is 17.9 Å². The van der Waals surface area contributed by atoms with E-state index in [4.69, 9.17) is 37.4 Å². The van der Waals surface area contributed by atoms with Gasteiger partial charge in [-0.25, -0.2) is 9.59 Å². The summed E-state index contributed by atoms with van der Waals surface area (Å²) >= 11 is 12.9. The first-order valence-corrected chi connectivity index (χ1v) is 11.1. The number of hydrogen-bond acceptors (Lipinski definition) is 7. The molecule has 0 saturated heterocycles. The highest BCUT2D eigenvalue weighted by molar-refractivity contribution is 6.42. The molecule has 0 radical (unpaired) electrons. The van der Waals surface area contributed by atoms with Crippen molar-refractivity contribution in [2.75, 3.05) is 27.6 Å². The summed E-state index contributed by atoms with van der Waals surface area (Å²) in [6.07, 6.45) is 0. The number of ether oxygens (including phenoxy) is 3. The quantitative estimate of drug-likeness (QED) is 0.529. The zero-order valence-electron chi connectivity index (χ0n) is 20.2. The lowest BCUT2D eigenvalue weighted by molar-refractivity contribution is -0.155. The van der Waals surface area contributed by atoms with Gasteiger partial charge < -0.3 is 24.2 Å². The first-order valence-electron chi connectivity index (χ1n) is 10.4. The number of nitrogens with zero attached hydrogens (tertiary/aromatic N) is 1. The van der Waals surface area contributed by atoms with Gasteiger partial charge in [-0.2, -0.15) is 0 Å². The van der Waals surface area contributed by atoms with Gasteiger partial charge in [0.05, 0.1) is 39.1 Å². The first-order chi connectivity index (χ1) is 15.7. The average Bonchev–Trinajstić information content (AvgIpc) is 2.75. The normalized spacial score (nSPS) is 18.8. The second-order valence-electron chi connectivity index (χ2n) is 8.90. The Morgan fingerprint density at radius 1 is 1.06 bits per heavy atom. The molecule has 0 aliphatic carbocycles. The van der Waals surface area contributed by atoms with Crippen molar-refractivity contribution in [3.05, 3.63) is 56.3 Å². The van der Waals surface area contributed by atoms with Gasteiger partial charge in [0.15, 0.2) is 0 Å². The van der Waals surface area contributed by atoms with Gasteiger partial charge in [0.1, 0.15) is 13.3 Å². The number of carbonyl (C=O) groups excluding carboxylic acids is 2. The molecule has 0 bridgehead atoms. The summed E-state index contributed by atoms with van der Waals surface area (Å²) in [5.41, 5.74) is -2.15. The van der Waals surface area contributed by atoms with Crippen LogP contribution in [0.25, 0.3) is 0 Å². The Labute approximate surface area is 209 Å². The molecule has 10 heteroatoms. The molecule has 1 unspecified atom stereocenters. The molecular formula is C24H29Cl2NO7. The Bertz CT molecular complexity index is 1070. The smallest absolute Gasteiger partial charge is 0.336 e. The third-order valence-corrected chi connectivity index (χ3v) is 6.51. The van der Waals surface area contributed by atoms with Crippen LogP contribution in [0.5, 0.6) is 0 Å². The third kappa shape index (κ3) is 4.80. The molecule has 0 fully saturated rings. The maximum Gasteiger partial charge on any atom is 0.336 e. The standard InChI is InChI=1S/C24H29Cl2NO7/c1-13-17(20(28)29)24(11-34-22(31)23(3,4)5,15-9-8-10-16(25)19(15)26)18(21(30)33-7)14(2)27(13)12-32-6/h8-10H,11-12H2,1-7H3,(H,28,29). The molecule has 0 saturated carbocycles. The molecule has 1 aliphatic rings. The number of halogens is 2. The molecule has 1 aromatic rings. The van der Waals surface area contributed by atoms with Gasteiger partial charge in [0, 0.05) is 18.5 Å². The molecule has 1 aliphatic heterocycles. The number of carboxylic acid groups (broad SMARTS) is 1. The molecule has 1 heterocycles. The Balaban J connectivity index is 3.05. The van der Waals surface area contributed by atoms with Crippen LogP contribution < -0.4 is 0 Å². The van der Waals surface area contributed by atoms with E-state index >= 15 is 0 Å². The fourth-order valence-corrected chi connectivity index (χ4v) is 4.53. The second kappa shape index (κ2) is 10.4. The lowest BCUT2D eigenvalue weighted by atomic mass is 9.65. The Kier molecular flexibility index (Phi) is 8.45. The highest BCUT2D eigenvalue weighted by Crippen LogP contribution is 2.51. The van der Waals surface area contributed by atoms with Crippen molar-refractivity contribution >= 4 is 41.1 Å². The topological polar surface area (TPSA) is 102 Å². The molecule has 8 nitrogen and oxygen atoms in total. The van der Waals surface area contributed by atoms with Crippen LogP contribution in [0.15, 0.2) is 40.7 Å². The second-order valence-corrected chi connectivity index (χ2v) is 9.68. The summed E-state index contributed by atoms with van der Waals surface area (Å²) in [6.45, 7) is 7.65. The maximum absolute atomic E-state index is 13.2. The fourth-order valence-electron chi connectivity index (χ4n) is 4.06. The lowest BCUT2D eigenvalue weighted by Crippen LogP contribution is -2.50. The van der Waals surface area contributed by atoms with E-state index in [9.17, 15) is 19.5 Å². The Morgan fingerprint density at radius 3 is 2.15 bits per heavy atom. The summed E-state index contributed by atoms with van der Waals surface area (Å²) in [5.74, 6) is -2.74. The van der Waals surface area contributed by atoms with Crippen molar-refractivity contribution in [3.8, 4) is 0 Å². The van der Waals surface area contributed by atoms with E-state index in [0.29, 0.717) is 5.70 Å². The zero-order valence-corrected chi connectivity index (χ0v) is 21.8. The van der Waals surface area contributed by atoms with E-state index < -0.39 is 35.3 Å². The number of methoxy groups -OCH3 is 2. The van der Waals surface area contributed by atoms with Gasteiger partial charge in [-0.3, -0.25) is 4.79 Å². The van der Waals surface area contributed by atoms with Gasteiger partial charge in [-0.1, -0.05) is 35.3 Å². The van der Waals surface area contributed by atoms with Gasteiger partial charge in [0.2, 0.25) is 0 Å². The highest BCUT2D eigenvalue weighted by Gasteiger charge is 2.54. The minimum absolute atomic E-state index is 0.0249. The Morgan fingerprint density at radius 2 is 1.65 bits per heavy atom. The molecule has 1 N–H and O–H groups in total. The predicted octanol–water partition coefficient (Wildman–Crippen LogP) is 4.55. The summed E-state index contributed by atoms with van der Waals surface area (Å²) in [6, 6.07) is 4.67. The number of benzene rings is 1. The van der Waals surface area contributed by atoms with Crippen molar-refractivity contribution in [3.63, 3.8) is 0 Å². The largest absolute Gasteiger partial charge is 0.478 e. The minimum Gasteiger partial charge on any atom is -0.478 e. The van der Waals surface area contributed by atoms with E-state index in [1.54, 1.807) is 46.8 Å². The van der Waals surface area contributed by atoms with Crippen molar-refractivity contribution in [1.82, 2.24) is 4.90 Å². The van der Waals surface area contributed by atoms with E-state index in [1.807, 2.05) is 0 Å². The SMILES string of the molecule is COCN1C(C)=C(C(=O)O)C(COC(=O)C(C)(C)C)(c2cccc(Cl)c2Cl)C(C(=O)OC)=C1C. The molecule has 0 aromatic heterocycles. The number of hydrogen-bond donors (Lipinski definition) is 1. The molecule has 0 spiro atoms. The monoisotopic (exact) mass is 513 g/mol. The van der Waals surface area contributed by atoms with Crippen molar-refractivity contribution in [2.45, 2.75) is 40.0 Å². The van der Waals surface area contributed by atoms with E-state index in [1.165, 1.54) is 25.2 Å². The van der Waals surface area contributed by atoms with Crippen molar-refractivity contribution in [2.24, 2.45) is 5.41 Å². The fraction of sp³-hybridized carbons (Fsp3) is 0.458. The number of carboxylic acids is 1. The zero-order chi connectivity index (χ0) is 26.0. The van der Waals surface area contributed by atoms with Crippen LogP contribution in [0.1, 0.15) is 40.2 Å². The molecule has 1 aromatic carbocycles. The average molecular weight is 514 g/mol. The van der Waals surface area contributed by atoms with Crippen LogP contribution >= 0.6 is 23.2 Å². The first kappa shape index (κ1) is 27.7. The number of rotatable bonds is 7. The van der Waals surface area contributed by atoms with E-state index in [2.05, 4.69) is 0 Å². The van der Waals surface area contributed by atoms with Gasteiger partial charge in [-0.15, -0.1) is 0 Å². The van der Waals surface area contributed by atoms with Crippen molar-refractivity contribution in [1.29, 1.82) is 0 Å². The van der Waals surface area contributed by atoms with Gasteiger partial charge in [-0.05, 0) is 46.2 Å². The minimum atomic E-state index is -1.82. The maximum atomic E-state index is 13.2. The van der Waals surface area contributed by atoms with Crippen LogP contribution in [0.2, 0.25) is 10.0 Å². The summed E-state index contributed by atoms with van der Waals surface area (Å²) < 4.78 is 16.0. The molecule has 0 amide bonds. The molecule has 2 rings (SSSR count). The highest BCUT2D eigenvalue weighted by atomic mass is 35.5. The number of carbonyl (C=O) groups is 3. The molecular weight excluding hydrogens is 485 g/mol. The number of esters is 2. The summed E-state index contributed by atoms with van der Waals surface area (Å²) in [7, 11) is 2.63. The number of allylic oxidation sites excluding steroid dienone is 2. The van der Waals surface area contributed by atoms with Gasteiger partial charge in [0.25, 0.3) is 0 Å². The van der Waals surface area contributed by atoms with Crippen LogP contribution in [0.4, 0.5) is 0 Å². The van der Waals surface area contributed by atoms with E-state index in [0.717, 1.165) is 0 Å². The third-order valence-electron chi connectivity index (χ3n) is 5.69. The lowest BCUT2D eigenvalue weighted by Gasteiger charge is -2.44. The van der Waals surface area contributed by atoms with Crippen LogP contribution in [-0.4, -0.2) is 55.5 Å².